The molecule has 10 nitrogen and oxygen atoms in total. The molecule has 3 amide bonds. The van der Waals surface area contributed by atoms with Gasteiger partial charge in [0.1, 0.15) is 5.54 Å². The molecule has 4 aromatic rings. The van der Waals surface area contributed by atoms with Crippen molar-refractivity contribution >= 4 is 29.5 Å². The van der Waals surface area contributed by atoms with Crippen LogP contribution in [0.5, 0.6) is 0 Å². The zero-order chi connectivity index (χ0) is 28.6. The van der Waals surface area contributed by atoms with Crippen molar-refractivity contribution in [1.29, 1.82) is 0 Å². The number of carboxylic acids is 1. The van der Waals surface area contributed by atoms with Crippen LogP contribution in [0, 0.1) is 6.92 Å². The molecule has 2 aromatic carbocycles. The Morgan fingerprint density at radius 2 is 1.61 bits per heavy atom. The van der Waals surface area contributed by atoms with Crippen LogP contribution in [0.4, 0.5) is 16.4 Å². The van der Waals surface area contributed by atoms with Crippen LogP contribution in [0.15, 0.2) is 85.3 Å². The highest BCUT2D eigenvalue weighted by atomic mass is 16.4. The number of hydrogen-bond donors (Lipinski definition) is 1. The Morgan fingerprint density at radius 1 is 0.902 bits per heavy atom. The summed E-state index contributed by atoms with van der Waals surface area (Å²) in [6.07, 6.45) is 5.57. The second kappa shape index (κ2) is 10.5. The number of urea groups is 1. The summed E-state index contributed by atoms with van der Waals surface area (Å²) in [7, 11) is 0. The van der Waals surface area contributed by atoms with E-state index in [4.69, 9.17) is 0 Å². The number of piperidine rings is 1. The summed E-state index contributed by atoms with van der Waals surface area (Å²) in [4.78, 5) is 58.6. The number of nitrogens with zero attached hydrogens (tertiary/aromatic N) is 6. The van der Waals surface area contributed by atoms with Crippen molar-refractivity contribution in [3.63, 3.8) is 0 Å². The summed E-state index contributed by atoms with van der Waals surface area (Å²) in [6.45, 7) is 3.75. The first-order chi connectivity index (χ1) is 19.9. The maximum atomic E-state index is 14.5. The fourth-order valence-electron chi connectivity index (χ4n) is 5.70. The normalized spacial score (nSPS) is 16.9. The maximum absolute atomic E-state index is 14.5. The number of pyridine rings is 1. The molecule has 0 saturated carbocycles. The highest BCUT2D eigenvalue weighted by molar-refractivity contribution is 6.31. The number of carbonyl (C=O) groups is 3. The zero-order valence-corrected chi connectivity index (χ0v) is 22.5. The number of aryl methyl sites for hydroxylation is 1. The van der Waals surface area contributed by atoms with E-state index in [0.29, 0.717) is 38.0 Å². The Labute approximate surface area is 236 Å². The van der Waals surface area contributed by atoms with Gasteiger partial charge in [0, 0.05) is 43.8 Å². The van der Waals surface area contributed by atoms with Gasteiger partial charge in [0.2, 0.25) is 5.95 Å². The highest BCUT2D eigenvalue weighted by Crippen LogP contribution is 2.44. The van der Waals surface area contributed by atoms with Crippen molar-refractivity contribution in [3.05, 3.63) is 102 Å². The van der Waals surface area contributed by atoms with Gasteiger partial charge < -0.3 is 5.11 Å². The molecule has 0 radical (unpaired) electrons. The van der Waals surface area contributed by atoms with Crippen LogP contribution in [0.2, 0.25) is 0 Å². The van der Waals surface area contributed by atoms with Gasteiger partial charge in [-0.15, -0.1) is 0 Å². The second-order valence-electron chi connectivity index (χ2n) is 10.3. The molecule has 6 rings (SSSR count). The molecule has 206 valence electrons. The second-order valence-corrected chi connectivity index (χ2v) is 10.3. The van der Waals surface area contributed by atoms with Gasteiger partial charge in [-0.1, -0.05) is 42.5 Å². The molecule has 4 heterocycles. The summed E-state index contributed by atoms with van der Waals surface area (Å²) in [6, 6.07) is 18.8. The number of imide groups is 1. The lowest BCUT2D eigenvalue weighted by Gasteiger charge is -2.41. The minimum Gasteiger partial charge on any atom is -0.478 e. The van der Waals surface area contributed by atoms with E-state index in [1.165, 1.54) is 29.4 Å². The Morgan fingerprint density at radius 3 is 2.29 bits per heavy atom. The summed E-state index contributed by atoms with van der Waals surface area (Å²) in [5, 5.41) is 9.76. The van der Waals surface area contributed by atoms with Gasteiger partial charge in [0.25, 0.3) is 5.91 Å². The van der Waals surface area contributed by atoms with Crippen LogP contribution in [0.1, 0.15) is 34.5 Å². The lowest BCUT2D eigenvalue weighted by atomic mass is 9.85. The van der Waals surface area contributed by atoms with Crippen molar-refractivity contribution in [2.24, 2.45) is 0 Å². The molecular formula is C31H28N6O4. The van der Waals surface area contributed by atoms with Crippen LogP contribution in [0.3, 0.4) is 0 Å². The molecule has 1 spiro atoms. The minimum atomic E-state index is -1.22. The van der Waals surface area contributed by atoms with Crippen LogP contribution in [-0.4, -0.2) is 61.5 Å². The summed E-state index contributed by atoms with van der Waals surface area (Å²) >= 11 is 0. The molecule has 2 fully saturated rings. The number of likely N-dealkylation sites (tertiary alicyclic amines) is 1. The molecule has 0 bridgehead atoms. The Hall–Kier alpha value is -4.96. The molecule has 0 aliphatic carbocycles. The number of aromatic nitrogens is 3. The van der Waals surface area contributed by atoms with Crippen molar-refractivity contribution in [1.82, 2.24) is 19.9 Å². The standard InChI is InChI=1S/C31H28N6O4/c1-21-7-5-14-32-25(21)20-35-17-12-31(13-18-35)28(40)36(30(41)37(31)29-33-15-6-16-34-29)26-19-23(27(38)39)10-11-24(26)22-8-3-2-4-9-22/h2-11,14-16,19H,12-13,17-18,20H2,1H3,(H,38,39). The number of rotatable bonds is 6. The molecule has 41 heavy (non-hydrogen) atoms. The molecule has 1 N–H and O–H groups in total. The molecule has 2 saturated heterocycles. The van der Waals surface area contributed by atoms with E-state index in [1.54, 1.807) is 18.3 Å². The van der Waals surface area contributed by atoms with Crippen molar-refractivity contribution < 1.29 is 19.5 Å². The van der Waals surface area contributed by atoms with Crippen LogP contribution in [0.25, 0.3) is 11.1 Å². The molecule has 2 aromatic heterocycles. The lowest BCUT2D eigenvalue weighted by Crippen LogP contribution is -2.57. The summed E-state index contributed by atoms with van der Waals surface area (Å²) in [5.41, 5.74) is 2.37. The summed E-state index contributed by atoms with van der Waals surface area (Å²) in [5.74, 6) is -1.43. The molecule has 10 heteroatoms. The minimum absolute atomic E-state index is 0.0238. The van der Waals surface area contributed by atoms with Crippen molar-refractivity contribution in [3.8, 4) is 11.1 Å². The fraction of sp³-hybridized carbons (Fsp3) is 0.226. The highest BCUT2D eigenvalue weighted by Gasteiger charge is 2.60. The third-order valence-electron chi connectivity index (χ3n) is 7.91. The predicted octanol–water partition coefficient (Wildman–Crippen LogP) is 4.55. The van der Waals surface area contributed by atoms with Gasteiger partial charge >= 0.3 is 12.0 Å². The van der Waals surface area contributed by atoms with Crippen molar-refractivity contribution in [2.75, 3.05) is 22.9 Å². The average molecular weight is 549 g/mol. The van der Waals surface area contributed by atoms with E-state index in [-0.39, 0.29) is 17.2 Å². The molecule has 0 unspecified atom stereocenters. The first kappa shape index (κ1) is 26.3. The lowest BCUT2D eigenvalue weighted by molar-refractivity contribution is -0.123. The SMILES string of the molecule is Cc1cccnc1CN1CCC2(CC1)C(=O)N(c1cc(C(=O)O)ccc1-c1ccccc1)C(=O)N2c1ncccn1. The van der Waals surface area contributed by atoms with E-state index in [0.717, 1.165) is 21.7 Å². The third kappa shape index (κ3) is 4.62. The largest absolute Gasteiger partial charge is 0.478 e. The Balaban J connectivity index is 1.42. The monoisotopic (exact) mass is 548 g/mol. The Bertz CT molecular complexity index is 1620. The average Bonchev–Trinajstić information content (AvgIpc) is 3.20. The van der Waals surface area contributed by atoms with Gasteiger partial charge in [-0.3, -0.25) is 14.7 Å². The number of amides is 3. The first-order valence-corrected chi connectivity index (χ1v) is 13.4. The molecule has 2 aliphatic rings. The van der Waals surface area contributed by atoms with Gasteiger partial charge in [0.15, 0.2) is 0 Å². The number of benzene rings is 2. The van der Waals surface area contributed by atoms with Gasteiger partial charge in [-0.25, -0.2) is 29.4 Å². The molecule has 2 aliphatic heterocycles. The maximum Gasteiger partial charge on any atom is 0.339 e. The van der Waals surface area contributed by atoms with Crippen molar-refractivity contribution in [2.45, 2.75) is 31.8 Å². The number of carboxylic acid groups (broad SMARTS) is 1. The topological polar surface area (TPSA) is 120 Å². The van der Waals surface area contributed by atoms with Gasteiger partial charge in [-0.05, 0) is 55.2 Å². The third-order valence-corrected chi connectivity index (χ3v) is 7.91. The van der Waals surface area contributed by atoms with Crippen LogP contribution < -0.4 is 9.80 Å². The van der Waals surface area contributed by atoms with E-state index < -0.39 is 23.4 Å². The number of hydrogen-bond acceptors (Lipinski definition) is 7. The predicted molar refractivity (Wildman–Crippen MR) is 152 cm³/mol. The summed E-state index contributed by atoms with van der Waals surface area (Å²) < 4.78 is 0. The Kier molecular flexibility index (Phi) is 6.76. The molecule has 0 atom stereocenters. The van der Waals surface area contributed by atoms with Crippen LogP contribution >= 0.6 is 0 Å². The van der Waals surface area contributed by atoms with E-state index in [9.17, 15) is 19.5 Å². The van der Waals surface area contributed by atoms with Crippen LogP contribution in [-0.2, 0) is 11.3 Å². The van der Waals surface area contributed by atoms with E-state index in [2.05, 4.69) is 19.9 Å². The number of carbonyl (C=O) groups excluding carboxylic acids is 2. The fourth-order valence-corrected chi connectivity index (χ4v) is 5.70. The van der Waals surface area contributed by atoms with E-state index in [1.807, 2.05) is 49.4 Å². The van der Waals surface area contributed by atoms with Gasteiger partial charge in [0.05, 0.1) is 16.9 Å². The molecular weight excluding hydrogens is 520 g/mol. The number of anilines is 2. The number of aromatic carboxylic acids is 1. The van der Waals surface area contributed by atoms with Gasteiger partial charge in [-0.2, -0.15) is 0 Å². The quantitative estimate of drug-likeness (QED) is 0.349. The van der Waals surface area contributed by atoms with E-state index >= 15 is 0 Å². The first-order valence-electron chi connectivity index (χ1n) is 13.4. The zero-order valence-electron chi connectivity index (χ0n) is 22.5. The smallest absolute Gasteiger partial charge is 0.339 e.